The van der Waals surface area contributed by atoms with Gasteiger partial charge in [-0.25, -0.2) is 0 Å². The molecular weight excluding hydrogens is 394 g/mol. The summed E-state index contributed by atoms with van der Waals surface area (Å²) in [6.07, 6.45) is 0. The Balaban J connectivity index is 1.85. The average Bonchev–Trinajstić information content (AvgIpc) is 3.24. The zero-order valence-corrected chi connectivity index (χ0v) is 16.1. The first-order chi connectivity index (χ1) is 13.7. The number of thiazole rings is 2. The van der Waals surface area contributed by atoms with Gasteiger partial charge < -0.3 is 4.74 Å². The van der Waals surface area contributed by atoms with E-state index in [1.807, 2.05) is 42.5 Å². The maximum Gasteiger partial charge on any atom is 0.272 e. The van der Waals surface area contributed by atoms with Gasteiger partial charge in [0.15, 0.2) is 15.6 Å². The highest BCUT2D eigenvalue weighted by Crippen LogP contribution is 2.29. The number of aromatic nitrogens is 4. The molecule has 2 aromatic carbocycles. The van der Waals surface area contributed by atoms with Crippen LogP contribution in [0.3, 0.4) is 0 Å². The van der Waals surface area contributed by atoms with Crippen molar-refractivity contribution in [2.75, 3.05) is 7.11 Å². The van der Waals surface area contributed by atoms with Crippen LogP contribution in [0.15, 0.2) is 47.3 Å². The van der Waals surface area contributed by atoms with E-state index >= 15 is 0 Å². The van der Waals surface area contributed by atoms with Crippen LogP contribution in [0.2, 0.25) is 0 Å². The minimum absolute atomic E-state index is 0.109. The number of para-hydroxylation sites is 1. The van der Waals surface area contributed by atoms with Crippen LogP contribution in [0.4, 0.5) is 0 Å². The number of hydrogen-bond donors (Lipinski definition) is 1. The highest BCUT2D eigenvalue weighted by Gasteiger charge is 2.17. The van der Waals surface area contributed by atoms with Crippen molar-refractivity contribution in [2.45, 2.75) is 0 Å². The molecule has 0 saturated heterocycles. The molecule has 0 radical (unpaired) electrons. The molecule has 0 fully saturated rings. The van der Waals surface area contributed by atoms with E-state index in [1.165, 1.54) is 22.7 Å². The molecule has 28 heavy (non-hydrogen) atoms. The van der Waals surface area contributed by atoms with Gasteiger partial charge in [0.05, 0.1) is 27.5 Å². The summed E-state index contributed by atoms with van der Waals surface area (Å²) in [5, 5.41) is 8.95. The number of rotatable bonds is 1. The van der Waals surface area contributed by atoms with Gasteiger partial charge >= 0.3 is 0 Å². The summed E-state index contributed by atoms with van der Waals surface area (Å²) in [5.74, 6) is 0.721. The van der Waals surface area contributed by atoms with Gasteiger partial charge in [0.2, 0.25) is 0 Å². The van der Waals surface area contributed by atoms with Crippen molar-refractivity contribution < 1.29 is 4.74 Å². The summed E-state index contributed by atoms with van der Waals surface area (Å²) in [6.45, 7) is 0. The minimum atomic E-state index is -0.279. The van der Waals surface area contributed by atoms with Crippen LogP contribution < -0.4 is 15.8 Å². The largest absolute Gasteiger partial charge is 0.497 e. The van der Waals surface area contributed by atoms with Gasteiger partial charge in [0.1, 0.15) is 16.6 Å². The zero-order valence-electron chi connectivity index (χ0n) is 14.5. The molecule has 136 valence electrons. The topological polar surface area (TPSA) is 84.8 Å². The Labute approximate surface area is 164 Å². The molecule has 0 saturated carbocycles. The smallest absolute Gasteiger partial charge is 0.272 e. The first kappa shape index (κ1) is 15.7. The second-order valence-corrected chi connectivity index (χ2v) is 8.34. The Bertz CT molecular complexity index is 1710. The fourth-order valence-electron chi connectivity index (χ4n) is 3.51. The quantitative estimate of drug-likeness (QED) is 0.454. The number of hydrogen-bond acceptors (Lipinski definition) is 7. The Kier molecular flexibility index (Phi) is 3.01. The molecule has 0 amide bonds. The van der Waals surface area contributed by atoms with E-state index < -0.39 is 0 Å². The van der Waals surface area contributed by atoms with Crippen molar-refractivity contribution in [3.8, 4) is 5.75 Å². The SMILES string of the molecule is COc1ccc2c(c1)sc1nc3nc4sc5ccccc5n4c(=N)c3c(=O)n12. The zero-order chi connectivity index (χ0) is 19.0. The number of fused-ring (bicyclic) bond motifs is 7. The molecule has 0 aliphatic carbocycles. The molecule has 0 bridgehead atoms. The average molecular weight is 405 g/mol. The van der Waals surface area contributed by atoms with E-state index in [-0.39, 0.29) is 16.4 Å². The van der Waals surface area contributed by atoms with Gasteiger partial charge in [-0.05, 0) is 30.3 Å². The molecule has 0 aliphatic heterocycles. The fraction of sp³-hybridized carbons (Fsp3) is 0.0526. The van der Waals surface area contributed by atoms with Crippen LogP contribution in [0, 0.1) is 5.41 Å². The summed E-state index contributed by atoms with van der Waals surface area (Å²) in [4.78, 5) is 23.8. The van der Waals surface area contributed by atoms with Crippen molar-refractivity contribution in [2.24, 2.45) is 0 Å². The third kappa shape index (κ3) is 1.92. The summed E-state index contributed by atoms with van der Waals surface area (Å²) in [7, 11) is 1.61. The Morgan fingerprint density at radius 2 is 1.68 bits per heavy atom. The molecular formula is C19H11N5O2S2. The van der Waals surface area contributed by atoms with Crippen LogP contribution >= 0.6 is 22.7 Å². The summed E-state index contributed by atoms with van der Waals surface area (Å²) in [6, 6.07) is 13.3. The minimum Gasteiger partial charge on any atom is -0.497 e. The van der Waals surface area contributed by atoms with Crippen LogP contribution in [0.5, 0.6) is 5.75 Å². The van der Waals surface area contributed by atoms with E-state index in [2.05, 4.69) is 9.97 Å². The molecule has 6 rings (SSSR count). The van der Waals surface area contributed by atoms with Crippen molar-refractivity contribution in [1.82, 2.24) is 18.8 Å². The van der Waals surface area contributed by atoms with Crippen LogP contribution in [0.1, 0.15) is 0 Å². The molecule has 6 aromatic rings. The summed E-state index contributed by atoms with van der Waals surface area (Å²) >= 11 is 2.89. The number of nitrogens with one attached hydrogen (secondary N) is 1. The van der Waals surface area contributed by atoms with Gasteiger partial charge in [0.25, 0.3) is 5.56 Å². The van der Waals surface area contributed by atoms with Gasteiger partial charge in [-0.3, -0.25) is 19.0 Å². The molecule has 0 spiro atoms. The summed E-state index contributed by atoms with van der Waals surface area (Å²) in [5.41, 5.74) is 1.75. The third-order valence-electron chi connectivity index (χ3n) is 4.80. The highest BCUT2D eigenvalue weighted by molar-refractivity contribution is 7.24. The second-order valence-electron chi connectivity index (χ2n) is 6.32. The van der Waals surface area contributed by atoms with Gasteiger partial charge in [0, 0.05) is 0 Å². The van der Waals surface area contributed by atoms with Crippen LogP contribution in [0.25, 0.3) is 41.4 Å². The van der Waals surface area contributed by atoms with E-state index in [4.69, 9.17) is 10.1 Å². The van der Waals surface area contributed by atoms with Gasteiger partial charge in [-0.15, -0.1) is 0 Å². The second kappa shape index (κ2) is 5.37. The monoisotopic (exact) mass is 405 g/mol. The van der Waals surface area contributed by atoms with Gasteiger partial charge in [-0.1, -0.05) is 34.8 Å². The Hall–Kier alpha value is -3.30. The third-order valence-corrected chi connectivity index (χ3v) is 6.83. The highest BCUT2D eigenvalue weighted by atomic mass is 32.1. The van der Waals surface area contributed by atoms with Crippen molar-refractivity contribution in [1.29, 1.82) is 5.41 Å². The van der Waals surface area contributed by atoms with Gasteiger partial charge in [-0.2, -0.15) is 9.97 Å². The fourth-order valence-corrected chi connectivity index (χ4v) is 5.57. The van der Waals surface area contributed by atoms with Crippen LogP contribution in [-0.4, -0.2) is 25.9 Å². The first-order valence-electron chi connectivity index (χ1n) is 8.43. The molecule has 7 nitrogen and oxygen atoms in total. The molecule has 4 heterocycles. The number of methoxy groups -OCH3 is 1. The number of benzene rings is 2. The molecule has 4 aromatic heterocycles. The molecule has 9 heteroatoms. The first-order valence-corrected chi connectivity index (χ1v) is 10.1. The van der Waals surface area contributed by atoms with E-state index in [1.54, 1.807) is 15.9 Å². The number of ether oxygens (including phenoxy) is 1. The molecule has 0 unspecified atom stereocenters. The molecule has 0 atom stereocenters. The maximum atomic E-state index is 13.4. The Morgan fingerprint density at radius 1 is 0.964 bits per heavy atom. The number of nitrogens with zero attached hydrogens (tertiary/aromatic N) is 4. The standard InChI is InChI=1S/C19H11N5O2S2/c1-26-9-6-7-11-13(8-9)28-19-22-16-14(17(25)24(11)19)15(20)23-10-4-2-3-5-12(10)27-18(23)21-16/h2-8,20H,1H3. The van der Waals surface area contributed by atoms with Crippen LogP contribution in [-0.2, 0) is 0 Å². The van der Waals surface area contributed by atoms with E-state index in [0.29, 0.717) is 15.6 Å². The van der Waals surface area contributed by atoms with Crippen molar-refractivity contribution in [3.63, 3.8) is 0 Å². The lowest BCUT2D eigenvalue weighted by molar-refractivity contribution is 0.415. The van der Waals surface area contributed by atoms with Crippen molar-refractivity contribution >= 4 is 64.1 Å². The van der Waals surface area contributed by atoms with E-state index in [9.17, 15) is 4.79 Å². The lowest BCUT2D eigenvalue weighted by Gasteiger charge is -2.02. The normalized spacial score (nSPS) is 12.0. The Morgan fingerprint density at radius 3 is 2.50 bits per heavy atom. The van der Waals surface area contributed by atoms with E-state index in [0.717, 1.165) is 26.2 Å². The molecule has 1 N–H and O–H groups in total. The molecule has 0 aliphatic rings. The lowest BCUT2D eigenvalue weighted by Crippen LogP contribution is -2.25. The van der Waals surface area contributed by atoms with Crippen molar-refractivity contribution in [3.05, 3.63) is 58.3 Å². The predicted octanol–water partition coefficient (Wildman–Crippen LogP) is 3.41. The predicted molar refractivity (Wildman–Crippen MR) is 111 cm³/mol. The maximum absolute atomic E-state index is 13.4. The lowest BCUT2D eigenvalue weighted by atomic mass is 10.3. The summed E-state index contributed by atoms with van der Waals surface area (Å²) < 4.78 is 10.5.